The quantitative estimate of drug-likeness (QED) is 0.837. The number of rotatable bonds is 6. The Morgan fingerprint density at radius 1 is 1.40 bits per heavy atom. The number of aliphatic carboxylic acids is 1. The summed E-state index contributed by atoms with van der Waals surface area (Å²) in [5.74, 6) is -0.110. The van der Waals surface area contributed by atoms with Gasteiger partial charge in [0.25, 0.3) is 0 Å². The number of furan rings is 1. The van der Waals surface area contributed by atoms with E-state index in [2.05, 4.69) is 5.32 Å². The van der Waals surface area contributed by atoms with Crippen molar-refractivity contribution in [1.29, 1.82) is 0 Å². The second kappa shape index (κ2) is 6.98. The number of nitrogens with zero attached hydrogens (tertiary/aromatic N) is 1. The van der Waals surface area contributed by atoms with E-state index in [0.29, 0.717) is 13.0 Å². The van der Waals surface area contributed by atoms with Crippen molar-refractivity contribution in [2.45, 2.75) is 39.2 Å². The summed E-state index contributed by atoms with van der Waals surface area (Å²) >= 11 is 0. The standard InChI is InChI=1S/C14H22N2O4/c1-14(2,3)16(9-7-12(17)18)13(19)15-8-6-11-5-4-10-20-11/h4-5,10H,6-9H2,1-3H3,(H,15,19)(H,17,18). The normalized spacial score (nSPS) is 11.2. The smallest absolute Gasteiger partial charge is 0.317 e. The van der Waals surface area contributed by atoms with Crippen molar-refractivity contribution in [3.8, 4) is 0 Å². The van der Waals surface area contributed by atoms with Gasteiger partial charge in [0.2, 0.25) is 0 Å². The minimum Gasteiger partial charge on any atom is -0.481 e. The molecular weight excluding hydrogens is 260 g/mol. The van der Waals surface area contributed by atoms with Crippen LogP contribution in [-0.4, -0.2) is 40.6 Å². The highest BCUT2D eigenvalue weighted by atomic mass is 16.4. The van der Waals surface area contributed by atoms with Crippen LogP contribution >= 0.6 is 0 Å². The van der Waals surface area contributed by atoms with Gasteiger partial charge in [-0.2, -0.15) is 0 Å². The SMILES string of the molecule is CC(C)(C)N(CCC(=O)O)C(=O)NCCc1ccco1. The van der Waals surface area contributed by atoms with Crippen LogP contribution in [0, 0.1) is 0 Å². The molecule has 0 aliphatic heterocycles. The van der Waals surface area contributed by atoms with Crippen LogP contribution in [0.1, 0.15) is 33.0 Å². The molecule has 0 bridgehead atoms. The lowest BCUT2D eigenvalue weighted by atomic mass is 10.1. The number of carboxylic acids is 1. The second-order valence-corrected chi connectivity index (χ2v) is 5.53. The maximum Gasteiger partial charge on any atom is 0.317 e. The zero-order valence-corrected chi connectivity index (χ0v) is 12.2. The Bertz CT molecular complexity index is 435. The van der Waals surface area contributed by atoms with Crippen molar-refractivity contribution in [3.63, 3.8) is 0 Å². The minimum absolute atomic E-state index is 0.0666. The van der Waals surface area contributed by atoms with E-state index < -0.39 is 11.5 Å². The molecule has 0 aliphatic carbocycles. The first kappa shape index (κ1) is 16.1. The number of carbonyl (C=O) groups excluding carboxylic acids is 1. The zero-order chi connectivity index (χ0) is 15.2. The van der Waals surface area contributed by atoms with E-state index in [0.717, 1.165) is 5.76 Å². The van der Waals surface area contributed by atoms with Gasteiger partial charge in [0.15, 0.2) is 0 Å². The number of nitrogens with one attached hydrogen (secondary N) is 1. The van der Waals surface area contributed by atoms with Crippen LogP contribution in [0.25, 0.3) is 0 Å². The first-order valence-corrected chi connectivity index (χ1v) is 6.60. The maximum atomic E-state index is 12.1. The summed E-state index contributed by atoms with van der Waals surface area (Å²) in [4.78, 5) is 24.3. The summed E-state index contributed by atoms with van der Waals surface area (Å²) in [6.07, 6.45) is 2.13. The van der Waals surface area contributed by atoms with Crippen LogP contribution in [0.5, 0.6) is 0 Å². The zero-order valence-electron chi connectivity index (χ0n) is 12.2. The highest BCUT2D eigenvalue weighted by molar-refractivity contribution is 5.76. The predicted molar refractivity (Wildman–Crippen MR) is 74.5 cm³/mol. The molecule has 1 heterocycles. The molecule has 0 spiro atoms. The fourth-order valence-corrected chi connectivity index (χ4v) is 1.79. The number of carboxylic acid groups (broad SMARTS) is 1. The Labute approximate surface area is 118 Å². The number of hydrogen-bond donors (Lipinski definition) is 2. The lowest BCUT2D eigenvalue weighted by molar-refractivity contribution is -0.137. The van der Waals surface area contributed by atoms with Crippen molar-refractivity contribution in [2.24, 2.45) is 0 Å². The van der Waals surface area contributed by atoms with Crippen molar-refractivity contribution in [1.82, 2.24) is 10.2 Å². The molecule has 1 rings (SSSR count). The van der Waals surface area contributed by atoms with Gasteiger partial charge in [-0.15, -0.1) is 0 Å². The van der Waals surface area contributed by atoms with Gasteiger partial charge < -0.3 is 19.7 Å². The van der Waals surface area contributed by atoms with Crippen LogP contribution in [0.3, 0.4) is 0 Å². The van der Waals surface area contributed by atoms with Gasteiger partial charge in [-0.1, -0.05) is 0 Å². The molecule has 1 aromatic heterocycles. The molecule has 0 aliphatic rings. The van der Waals surface area contributed by atoms with E-state index in [9.17, 15) is 9.59 Å². The van der Waals surface area contributed by atoms with Gasteiger partial charge in [-0.25, -0.2) is 4.79 Å². The largest absolute Gasteiger partial charge is 0.481 e. The molecule has 112 valence electrons. The van der Waals surface area contributed by atoms with Crippen molar-refractivity contribution in [3.05, 3.63) is 24.2 Å². The van der Waals surface area contributed by atoms with Crippen molar-refractivity contribution >= 4 is 12.0 Å². The lowest BCUT2D eigenvalue weighted by Crippen LogP contribution is -2.51. The molecule has 0 radical (unpaired) electrons. The first-order valence-electron chi connectivity index (χ1n) is 6.60. The van der Waals surface area contributed by atoms with E-state index in [1.807, 2.05) is 26.8 Å². The summed E-state index contributed by atoms with van der Waals surface area (Å²) in [5, 5.41) is 11.5. The third-order valence-corrected chi connectivity index (χ3v) is 2.83. The third-order valence-electron chi connectivity index (χ3n) is 2.83. The summed E-state index contributed by atoms with van der Waals surface area (Å²) in [7, 11) is 0. The molecule has 6 heteroatoms. The van der Waals surface area contributed by atoms with Gasteiger partial charge in [0.1, 0.15) is 5.76 Å². The van der Waals surface area contributed by atoms with E-state index in [1.54, 1.807) is 12.3 Å². The second-order valence-electron chi connectivity index (χ2n) is 5.53. The van der Waals surface area contributed by atoms with Crippen LogP contribution in [0.15, 0.2) is 22.8 Å². The summed E-state index contributed by atoms with van der Waals surface area (Å²) in [6, 6.07) is 3.38. The Morgan fingerprint density at radius 2 is 2.10 bits per heavy atom. The fourth-order valence-electron chi connectivity index (χ4n) is 1.79. The fraction of sp³-hybridized carbons (Fsp3) is 0.571. The lowest BCUT2D eigenvalue weighted by Gasteiger charge is -2.35. The van der Waals surface area contributed by atoms with Gasteiger partial charge in [0.05, 0.1) is 12.7 Å². The maximum absolute atomic E-state index is 12.1. The van der Waals surface area contributed by atoms with Crippen LogP contribution in [0.2, 0.25) is 0 Å². The molecule has 0 aromatic carbocycles. The molecule has 2 amide bonds. The molecule has 20 heavy (non-hydrogen) atoms. The number of hydrogen-bond acceptors (Lipinski definition) is 3. The Kier molecular flexibility index (Phi) is 5.61. The van der Waals surface area contributed by atoms with Gasteiger partial charge in [-0.3, -0.25) is 4.79 Å². The Morgan fingerprint density at radius 3 is 2.60 bits per heavy atom. The topological polar surface area (TPSA) is 82.8 Å². The van der Waals surface area contributed by atoms with Gasteiger partial charge >= 0.3 is 12.0 Å². The summed E-state index contributed by atoms with van der Waals surface area (Å²) < 4.78 is 5.18. The monoisotopic (exact) mass is 282 g/mol. The molecule has 0 saturated carbocycles. The van der Waals surface area contributed by atoms with E-state index in [-0.39, 0.29) is 19.0 Å². The molecule has 2 N–H and O–H groups in total. The minimum atomic E-state index is -0.914. The molecule has 1 aromatic rings. The molecule has 0 fully saturated rings. The summed E-state index contributed by atoms with van der Waals surface area (Å²) in [5.41, 5.74) is -0.426. The molecular formula is C14H22N2O4. The van der Waals surface area contributed by atoms with Crippen LogP contribution < -0.4 is 5.32 Å². The summed E-state index contributed by atoms with van der Waals surface area (Å²) in [6.45, 7) is 6.26. The average molecular weight is 282 g/mol. The predicted octanol–water partition coefficient (Wildman–Crippen LogP) is 2.11. The average Bonchev–Trinajstić information content (AvgIpc) is 2.79. The van der Waals surface area contributed by atoms with Gasteiger partial charge in [0, 0.05) is 25.0 Å². The highest BCUT2D eigenvalue weighted by Gasteiger charge is 2.26. The number of urea groups is 1. The highest BCUT2D eigenvalue weighted by Crippen LogP contribution is 2.14. The Balaban J connectivity index is 2.48. The van der Waals surface area contributed by atoms with Gasteiger partial charge in [-0.05, 0) is 32.9 Å². The van der Waals surface area contributed by atoms with E-state index in [1.165, 1.54) is 4.90 Å². The van der Waals surface area contributed by atoms with Crippen LogP contribution in [-0.2, 0) is 11.2 Å². The number of amides is 2. The first-order chi connectivity index (χ1) is 9.30. The van der Waals surface area contributed by atoms with E-state index in [4.69, 9.17) is 9.52 Å². The number of carbonyl (C=O) groups is 2. The van der Waals surface area contributed by atoms with Crippen molar-refractivity contribution < 1.29 is 19.1 Å². The molecule has 6 nitrogen and oxygen atoms in total. The van der Waals surface area contributed by atoms with Crippen LogP contribution in [0.4, 0.5) is 4.79 Å². The molecule has 0 atom stereocenters. The van der Waals surface area contributed by atoms with E-state index >= 15 is 0 Å². The third kappa shape index (κ3) is 5.34. The molecule has 0 saturated heterocycles. The van der Waals surface area contributed by atoms with Crippen molar-refractivity contribution in [2.75, 3.05) is 13.1 Å². The Hall–Kier alpha value is -1.98. The molecule has 0 unspecified atom stereocenters.